The zero-order valence-corrected chi connectivity index (χ0v) is 19.9. The second-order valence-corrected chi connectivity index (χ2v) is 11.7. The third-order valence-electron chi connectivity index (χ3n) is 10.8. The Hall–Kier alpha value is -0.610. The van der Waals surface area contributed by atoms with Crippen molar-refractivity contribution in [1.82, 2.24) is 0 Å². The van der Waals surface area contributed by atoms with Crippen molar-refractivity contribution < 1.29 is 19.4 Å². The van der Waals surface area contributed by atoms with Crippen molar-refractivity contribution in [2.45, 2.75) is 97.2 Å². The molecule has 30 heavy (non-hydrogen) atoms. The maximum atomic E-state index is 11.7. The second kappa shape index (κ2) is 8.39. The van der Waals surface area contributed by atoms with Gasteiger partial charge in [0, 0.05) is 13.5 Å². The molecular formula is C26H44O4. The van der Waals surface area contributed by atoms with Gasteiger partial charge in [-0.2, -0.15) is 0 Å². The predicted molar refractivity (Wildman–Crippen MR) is 118 cm³/mol. The van der Waals surface area contributed by atoms with Crippen LogP contribution in [0.2, 0.25) is 0 Å². The van der Waals surface area contributed by atoms with E-state index in [9.17, 15) is 9.90 Å². The van der Waals surface area contributed by atoms with Crippen LogP contribution in [0.5, 0.6) is 0 Å². The molecule has 4 aliphatic rings. The molecule has 4 saturated carbocycles. The van der Waals surface area contributed by atoms with E-state index in [2.05, 4.69) is 20.8 Å². The largest absolute Gasteiger partial charge is 0.469 e. The first kappa shape index (κ1) is 22.6. The van der Waals surface area contributed by atoms with E-state index in [-0.39, 0.29) is 17.5 Å². The third kappa shape index (κ3) is 3.45. The summed E-state index contributed by atoms with van der Waals surface area (Å²) in [4.78, 5) is 11.7. The number of rotatable bonds is 5. The Morgan fingerprint density at radius 2 is 1.83 bits per heavy atom. The standard InChI is InChI=1S/C26H44O4/c1-16(6-11-24(28)30-5)20-9-10-21-19-8-7-17-14-18(27)12-13-25(17,2)22(19)15-23(29-4)26(20,21)3/h16-23,27H,6-15H2,1-5H3/t16-,17-,18-,19+,20-,21+,22+,23+,25+,26-/m0/s1. The lowest BCUT2D eigenvalue weighted by molar-refractivity contribution is -0.183. The minimum absolute atomic E-state index is 0.0840. The molecule has 4 heteroatoms. The van der Waals surface area contributed by atoms with Crippen LogP contribution in [0.3, 0.4) is 0 Å². The van der Waals surface area contributed by atoms with Crippen LogP contribution in [0.1, 0.15) is 85.0 Å². The van der Waals surface area contributed by atoms with Gasteiger partial charge >= 0.3 is 5.97 Å². The van der Waals surface area contributed by atoms with Gasteiger partial charge in [0.15, 0.2) is 0 Å². The summed E-state index contributed by atoms with van der Waals surface area (Å²) < 4.78 is 11.2. The Kier molecular flexibility index (Phi) is 6.31. The number of fused-ring (bicyclic) bond motifs is 5. The number of carbonyl (C=O) groups excluding carboxylic acids is 1. The maximum Gasteiger partial charge on any atom is 0.305 e. The van der Waals surface area contributed by atoms with Gasteiger partial charge in [0.05, 0.1) is 19.3 Å². The first-order valence-electron chi connectivity index (χ1n) is 12.5. The van der Waals surface area contributed by atoms with E-state index in [1.807, 2.05) is 7.11 Å². The fourth-order valence-corrected chi connectivity index (χ4v) is 9.13. The molecule has 0 aromatic rings. The fraction of sp³-hybridized carbons (Fsp3) is 0.962. The Balaban J connectivity index is 1.57. The first-order chi connectivity index (χ1) is 14.3. The van der Waals surface area contributed by atoms with Crippen molar-refractivity contribution in [2.75, 3.05) is 14.2 Å². The second-order valence-electron chi connectivity index (χ2n) is 11.7. The average molecular weight is 421 g/mol. The van der Waals surface area contributed by atoms with Crippen LogP contribution in [-0.4, -0.2) is 37.5 Å². The smallest absolute Gasteiger partial charge is 0.305 e. The van der Waals surface area contributed by atoms with Crippen LogP contribution in [-0.2, 0) is 14.3 Å². The molecule has 4 aliphatic carbocycles. The van der Waals surface area contributed by atoms with Crippen molar-refractivity contribution in [3.63, 3.8) is 0 Å². The van der Waals surface area contributed by atoms with Gasteiger partial charge < -0.3 is 14.6 Å². The summed E-state index contributed by atoms with van der Waals surface area (Å²) in [7, 11) is 3.42. The van der Waals surface area contributed by atoms with E-state index in [0.717, 1.165) is 37.0 Å². The van der Waals surface area contributed by atoms with E-state index in [4.69, 9.17) is 9.47 Å². The van der Waals surface area contributed by atoms with Crippen LogP contribution >= 0.6 is 0 Å². The van der Waals surface area contributed by atoms with Crippen LogP contribution in [0.25, 0.3) is 0 Å². The highest BCUT2D eigenvalue weighted by Gasteiger charge is 2.64. The Morgan fingerprint density at radius 3 is 2.53 bits per heavy atom. The molecule has 1 N–H and O–H groups in total. The molecule has 0 saturated heterocycles. The van der Waals surface area contributed by atoms with E-state index < -0.39 is 0 Å². The quantitative estimate of drug-likeness (QED) is 0.620. The first-order valence-corrected chi connectivity index (χ1v) is 12.5. The van der Waals surface area contributed by atoms with Gasteiger partial charge in [-0.05, 0) is 104 Å². The minimum Gasteiger partial charge on any atom is -0.469 e. The summed E-state index contributed by atoms with van der Waals surface area (Å²) in [5.74, 6) is 4.00. The van der Waals surface area contributed by atoms with E-state index in [0.29, 0.717) is 35.7 Å². The SMILES string of the molecule is COC(=O)CC[C@H](C)[C@@H]1CC[C@@H]2[C@H]3CC[C@H]4C[C@@H](O)CC[C@@]4(C)[C@@H]3C[C@@H](OC)[C@]21C. The highest BCUT2D eigenvalue weighted by molar-refractivity contribution is 5.69. The average Bonchev–Trinajstić information content (AvgIpc) is 3.09. The molecule has 0 aromatic carbocycles. The molecule has 0 heterocycles. The van der Waals surface area contributed by atoms with Crippen molar-refractivity contribution in [1.29, 1.82) is 0 Å². The summed E-state index contributed by atoms with van der Waals surface area (Å²) in [5, 5.41) is 10.3. The molecule has 4 fully saturated rings. The van der Waals surface area contributed by atoms with Crippen molar-refractivity contribution in [3.8, 4) is 0 Å². The molecule has 0 bridgehead atoms. The van der Waals surface area contributed by atoms with Gasteiger partial charge in [-0.25, -0.2) is 0 Å². The zero-order valence-electron chi connectivity index (χ0n) is 19.9. The molecule has 172 valence electrons. The van der Waals surface area contributed by atoms with Crippen LogP contribution in [0.15, 0.2) is 0 Å². The fourth-order valence-electron chi connectivity index (χ4n) is 9.13. The molecular weight excluding hydrogens is 376 g/mol. The van der Waals surface area contributed by atoms with E-state index >= 15 is 0 Å². The summed E-state index contributed by atoms with van der Waals surface area (Å²) in [6.07, 6.45) is 11.2. The third-order valence-corrected chi connectivity index (χ3v) is 10.8. The molecule has 0 aliphatic heterocycles. The number of hydrogen-bond acceptors (Lipinski definition) is 4. The highest BCUT2D eigenvalue weighted by Crippen LogP contribution is 2.68. The Labute approximate surface area is 183 Å². The Morgan fingerprint density at radius 1 is 1.07 bits per heavy atom. The lowest BCUT2D eigenvalue weighted by Crippen LogP contribution is -2.59. The number of aliphatic hydroxyl groups is 1. The molecule has 0 spiro atoms. The van der Waals surface area contributed by atoms with Gasteiger partial charge in [0.25, 0.3) is 0 Å². The maximum absolute atomic E-state index is 11.7. The van der Waals surface area contributed by atoms with Crippen molar-refractivity contribution in [2.24, 2.45) is 46.3 Å². The van der Waals surface area contributed by atoms with Crippen LogP contribution in [0.4, 0.5) is 0 Å². The number of aliphatic hydroxyl groups excluding tert-OH is 1. The molecule has 0 radical (unpaired) electrons. The molecule has 4 rings (SSSR count). The molecule has 0 amide bonds. The number of esters is 1. The van der Waals surface area contributed by atoms with E-state index in [1.54, 1.807) is 0 Å². The number of carbonyl (C=O) groups is 1. The normalized spacial score (nSPS) is 48.9. The van der Waals surface area contributed by atoms with Gasteiger partial charge in [-0.15, -0.1) is 0 Å². The monoisotopic (exact) mass is 420 g/mol. The molecule has 0 aromatic heterocycles. The zero-order chi connectivity index (χ0) is 21.7. The highest BCUT2D eigenvalue weighted by atomic mass is 16.5. The van der Waals surface area contributed by atoms with Gasteiger partial charge in [-0.3, -0.25) is 4.79 Å². The predicted octanol–water partition coefficient (Wildman–Crippen LogP) is 5.22. The number of ether oxygens (including phenoxy) is 2. The minimum atomic E-state index is -0.0850. The lowest BCUT2D eigenvalue weighted by Gasteiger charge is -2.63. The summed E-state index contributed by atoms with van der Waals surface area (Å²) in [6.45, 7) is 7.41. The van der Waals surface area contributed by atoms with E-state index in [1.165, 1.54) is 45.6 Å². The molecule has 10 atom stereocenters. The van der Waals surface area contributed by atoms with Gasteiger partial charge in [0.1, 0.15) is 0 Å². The van der Waals surface area contributed by atoms with Gasteiger partial charge in [-0.1, -0.05) is 20.8 Å². The van der Waals surface area contributed by atoms with Crippen LogP contribution in [0, 0.1) is 46.3 Å². The molecule has 0 unspecified atom stereocenters. The number of hydrogen-bond donors (Lipinski definition) is 1. The number of methoxy groups -OCH3 is 2. The molecule has 4 nitrogen and oxygen atoms in total. The van der Waals surface area contributed by atoms with Gasteiger partial charge in [0.2, 0.25) is 0 Å². The summed E-state index contributed by atoms with van der Waals surface area (Å²) in [5.41, 5.74) is 0.581. The van der Waals surface area contributed by atoms with Crippen molar-refractivity contribution in [3.05, 3.63) is 0 Å². The Bertz CT molecular complexity index is 635. The lowest BCUT2D eigenvalue weighted by atomic mass is 9.43. The van der Waals surface area contributed by atoms with Crippen molar-refractivity contribution >= 4 is 5.97 Å². The summed E-state index contributed by atoms with van der Waals surface area (Å²) >= 11 is 0. The summed E-state index contributed by atoms with van der Waals surface area (Å²) in [6, 6.07) is 0. The van der Waals surface area contributed by atoms with Crippen LogP contribution < -0.4 is 0 Å². The topological polar surface area (TPSA) is 55.8 Å².